The third-order valence-corrected chi connectivity index (χ3v) is 4.16. The standard InChI is InChI=1S/C12H8Cl2OP/c13-9-1-5-11(6-2-9)16(15)12-7-3-10(14)4-8-12/h1-8H. The van der Waals surface area contributed by atoms with Crippen molar-refractivity contribution in [2.24, 2.45) is 0 Å². The molecule has 0 aliphatic heterocycles. The average molecular weight is 270 g/mol. The predicted molar refractivity (Wildman–Crippen MR) is 69.8 cm³/mol. The van der Waals surface area contributed by atoms with Crippen molar-refractivity contribution in [2.75, 3.05) is 0 Å². The van der Waals surface area contributed by atoms with Crippen molar-refractivity contribution in [3.63, 3.8) is 0 Å². The zero-order valence-electron chi connectivity index (χ0n) is 8.23. The lowest BCUT2D eigenvalue weighted by atomic mass is 10.4. The third-order valence-electron chi connectivity index (χ3n) is 2.12. The number of hydrogen-bond acceptors (Lipinski definition) is 1. The van der Waals surface area contributed by atoms with E-state index >= 15 is 0 Å². The zero-order valence-corrected chi connectivity index (χ0v) is 10.6. The minimum absolute atomic E-state index is 0.642. The third kappa shape index (κ3) is 2.62. The minimum atomic E-state index is -1.56. The van der Waals surface area contributed by atoms with Gasteiger partial charge in [0.25, 0.3) is 0 Å². The van der Waals surface area contributed by atoms with Crippen LogP contribution in [0.1, 0.15) is 0 Å². The largest absolute Gasteiger partial charge is 0.277 e. The smallest absolute Gasteiger partial charge is 0.136 e. The topological polar surface area (TPSA) is 17.1 Å². The molecule has 0 aromatic heterocycles. The van der Waals surface area contributed by atoms with Crippen molar-refractivity contribution in [3.05, 3.63) is 58.6 Å². The molecule has 16 heavy (non-hydrogen) atoms. The second-order valence-electron chi connectivity index (χ2n) is 3.25. The van der Waals surface area contributed by atoms with Gasteiger partial charge in [-0.3, -0.25) is 4.57 Å². The van der Waals surface area contributed by atoms with Gasteiger partial charge in [0.1, 0.15) is 7.80 Å². The van der Waals surface area contributed by atoms with Crippen LogP contribution in [0.25, 0.3) is 0 Å². The second-order valence-corrected chi connectivity index (χ2v) is 5.74. The molecule has 0 spiro atoms. The number of benzene rings is 2. The van der Waals surface area contributed by atoms with Gasteiger partial charge in [-0.05, 0) is 48.5 Å². The lowest BCUT2D eigenvalue weighted by Crippen LogP contribution is -2.05. The Morgan fingerprint density at radius 2 is 1.00 bits per heavy atom. The predicted octanol–water partition coefficient (Wildman–Crippen LogP) is 3.77. The van der Waals surface area contributed by atoms with Crippen LogP contribution in [0, 0.1) is 0 Å². The Hall–Kier alpha value is -0.880. The highest BCUT2D eigenvalue weighted by atomic mass is 35.5. The Morgan fingerprint density at radius 3 is 1.31 bits per heavy atom. The summed E-state index contributed by atoms with van der Waals surface area (Å²) in [5.41, 5.74) is 0. The molecule has 4 heteroatoms. The molecular weight excluding hydrogens is 262 g/mol. The van der Waals surface area contributed by atoms with Crippen molar-refractivity contribution in [3.8, 4) is 0 Å². The van der Waals surface area contributed by atoms with Gasteiger partial charge < -0.3 is 0 Å². The SMILES string of the molecule is O=[P](c1ccc(Cl)cc1)c1ccc(Cl)cc1. The molecule has 0 aliphatic carbocycles. The number of hydrogen-bond donors (Lipinski definition) is 0. The van der Waals surface area contributed by atoms with Gasteiger partial charge in [0.05, 0.1) is 0 Å². The lowest BCUT2D eigenvalue weighted by molar-refractivity contribution is 0.598. The Bertz CT molecular complexity index is 458. The van der Waals surface area contributed by atoms with E-state index in [1.807, 2.05) is 0 Å². The van der Waals surface area contributed by atoms with Crippen molar-refractivity contribution in [2.45, 2.75) is 0 Å². The van der Waals surface area contributed by atoms with E-state index in [1.54, 1.807) is 48.5 Å². The molecule has 0 saturated carbocycles. The van der Waals surface area contributed by atoms with E-state index in [4.69, 9.17) is 23.2 Å². The summed E-state index contributed by atoms with van der Waals surface area (Å²) in [6.07, 6.45) is 0. The van der Waals surface area contributed by atoms with Crippen LogP contribution < -0.4 is 10.6 Å². The normalized spacial score (nSPS) is 10.1. The maximum atomic E-state index is 12.1. The average Bonchev–Trinajstić information content (AvgIpc) is 2.30. The fraction of sp³-hybridized carbons (Fsp3) is 0. The van der Waals surface area contributed by atoms with E-state index in [1.165, 1.54) is 0 Å². The molecule has 1 radical (unpaired) electrons. The Balaban J connectivity index is 2.32. The van der Waals surface area contributed by atoms with Crippen LogP contribution in [-0.4, -0.2) is 0 Å². The summed E-state index contributed by atoms with van der Waals surface area (Å²) in [4.78, 5) is 0. The Morgan fingerprint density at radius 1 is 0.688 bits per heavy atom. The summed E-state index contributed by atoms with van der Waals surface area (Å²) in [7, 11) is -1.56. The molecule has 0 bridgehead atoms. The van der Waals surface area contributed by atoms with E-state index in [0.29, 0.717) is 10.0 Å². The molecule has 2 aromatic rings. The van der Waals surface area contributed by atoms with E-state index in [-0.39, 0.29) is 0 Å². The van der Waals surface area contributed by atoms with Gasteiger partial charge in [-0.15, -0.1) is 0 Å². The maximum Gasteiger partial charge on any atom is 0.136 e. The molecule has 1 nitrogen and oxygen atoms in total. The molecule has 0 unspecified atom stereocenters. The number of rotatable bonds is 2. The molecule has 2 aromatic carbocycles. The fourth-order valence-electron chi connectivity index (χ4n) is 1.30. The summed E-state index contributed by atoms with van der Waals surface area (Å²) in [5, 5.41) is 2.81. The van der Waals surface area contributed by atoms with E-state index < -0.39 is 7.80 Å². The van der Waals surface area contributed by atoms with Crippen molar-refractivity contribution in [1.82, 2.24) is 0 Å². The minimum Gasteiger partial charge on any atom is -0.277 e. The first-order chi connectivity index (χ1) is 7.66. The second kappa shape index (κ2) is 4.97. The first-order valence-corrected chi connectivity index (χ1v) is 6.67. The molecular formula is C12H8Cl2OP. The van der Waals surface area contributed by atoms with Gasteiger partial charge in [-0.25, -0.2) is 0 Å². The van der Waals surface area contributed by atoms with Gasteiger partial charge in [-0.2, -0.15) is 0 Å². The van der Waals surface area contributed by atoms with Crippen molar-refractivity contribution >= 4 is 41.6 Å². The van der Waals surface area contributed by atoms with Gasteiger partial charge in [0.2, 0.25) is 0 Å². The molecule has 0 heterocycles. The quantitative estimate of drug-likeness (QED) is 0.759. The fourth-order valence-corrected chi connectivity index (χ4v) is 2.69. The molecule has 0 atom stereocenters. The molecule has 81 valence electrons. The van der Waals surface area contributed by atoms with Gasteiger partial charge in [-0.1, -0.05) is 23.2 Å². The summed E-state index contributed by atoms with van der Waals surface area (Å²) in [6, 6.07) is 14.0. The van der Waals surface area contributed by atoms with Gasteiger partial charge in [0.15, 0.2) is 0 Å². The monoisotopic (exact) mass is 269 g/mol. The van der Waals surface area contributed by atoms with Crippen molar-refractivity contribution < 1.29 is 4.57 Å². The van der Waals surface area contributed by atoms with Crippen LogP contribution >= 0.6 is 31.0 Å². The molecule has 0 aliphatic rings. The van der Waals surface area contributed by atoms with Gasteiger partial charge >= 0.3 is 0 Å². The van der Waals surface area contributed by atoms with Crippen LogP contribution in [0.2, 0.25) is 10.0 Å². The summed E-state index contributed by atoms with van der Waals surface area (Å²) in [6.45, 7) is 0. The van der Waals surface area contributed by atoms with E-state index in [0.717, 1.165) is 10.6 Å². The molecule has 2 rings (SSSR count). The maximum absolute atomic E-state index is 12.1. The van der Waals surface area contributed by atoms with E-state index in [9.17, 15) is 4.57 Å². The van der Waals surface area contributed by atoms with Gasteiger partial charge in [0, 0.05) is 20.7 Å². The van der Waals surface area contributed by atoms with Crippen LogP contribution in [0.4, 0.5) is 0 Å². The molecule has 0 saturated heterocycles. The molecule has 0 fully saturated rings. The number of halogens is 2. The van der Waals surface area contributed by atoms with Crippen LogP contribution in [0.3, 0.4) is 0 Å². The Kier molecular flexibility index (Phi) is 3.60. The molecule has 0 N–H and O–H groups in total. The van der Waals surface area contributed by atoms with Crippen LogP contribution in [-0.2, 0) is 4.57 Å². The zero-order chi connectivity index (χ0) is 11.5. The Labute approximate surface area is 105 Å². The first-order valence-electron chi connectivity index (χ1n) is 4.65. The highest BCUT2D eigenvalue weighted by molar-refractivity contribution is 7.61. The highest BCUT2D eigenvalue weighted by Gasteiger charge is 2.07. The van der Waals surface area contributed by atoms with Crippen molar-refractivity contribution in [1.29, 1.82) is 0 Å². The summed E-state index contributed by atoms with van der Waals surface area (Å²) < 4.78 is 12.1. The van der Waals surface area contributed by atoms with Crippen LogP contribution in [0.5, 0.6) is 0 Å². The van der Waals surface area contributed by atoms with E-state index in [2.05, 4.69) is 0 Å². The molecule has 0 amide bonds. The lowest BCUT2D eigenvalue weighted by Gasteiger charge is -2.01. The highest BCUT2D eigenvalue weighted by Crippen LogP contribution is 2.21. The van der Waals surface area contributed by atoms with Crippen LogP contribution in [0.15, 0.2) is 48.5 Å². The first kappa shape index (κ1) is 11.6. The summed E-state index contributed by atoms with van der Waals surface area (Å²) in [5.74, 6) is 0. The summed E-state index contributed by atoms with van der Waals surface area (Å²) >= 11 is 11.5.